The van der Waals surface area contributed by atoms with E-state index in [1.807, 2.05) is 42.5 Å². The number of anilines is 1. The molecule has 1 amide bonds. The van der Waals surface area contributed by atoms with Crippen molar-refractivity contribution in [3.8, 4) is 0 Å². The number of amides is 1. The third-order valence-corrected chi connectivity index (χ3v) is 3.36. The lowest BCUT2D eigenvalue weighted by Crippen LogP contribution is -2.18. The summed E-state index contributed by atoms with van der Waals surface area (Å²) in [6.07, 6.45) is 3.23. The maximum atomic E-state index is 12.1. The summed E-state index contributed by atoms with van der Waals surface area (Å²) >= 11 is 5.85. The topological polar surface area (TPSA) is 46.9 Å². The van der Waals surface area contributed by atoms with Crippen molar-refractivity contribution >= 4 is 34.0 Å². The van der Waals surface area contributed by atoms with Gasteiger partial charge in [0.15, 0.2) is 0 Å². The quantitative estimate of drug-likeness (QED) is 0.802. The molecule has 0 radical (unpaired) electrons. The normalized spacial score (nSPS) is 10.7. The van der Waals surface area contributed by atoms with Gasteiger partial charge in [0.05, 0.1) is 0 Å². The molecule has 0 saturated heterocycles. The zero-order valence-corrected chi connectivity index (χ0v) is 11.3. The molecular weight excluding hydrogens is 274 g/mol. The number of fused-ring (bicyclic) bond motifs is 1. The minimum absolute atomic E-state index is 0.138. The zero-order valence-electron chi connectivity index (χ0n) is 10.6. The van der Waals surface area contributed by atoms with Crippen LogP contribution in [0.15, 0.2) is 54.9 Å². The van der Waals surface area contributed by atoms with Gasteiger partial charge in [-0.2, -0.15) is 0 Å². The standard InChI is InChI=1S/C15H12ClN3O/c16-15-17-8-9-19(15)10-14(20)18-13-7-3-5-11-4-1-2-6-12(11)13/h1-9H,10H2,(H,18,20). The summed E-state index contributed by atoms with van der Waals surface area (Å²) in [5, 5.41) is 5.31. The summed E-state index contributed by atoms with van der Waals surface area (Å²) in [5.41, 5.74) is 0.796. The lowest BCUT2D eigenvalue weighted by atomic mass is 10.1. The highest BCUT2D eigenvalue weighted by Crippen LogP contribution is 2.22. The van der Waals surface area contributed by atoms with Crippen LogP contribution in [0.3, 0.4) is 0 Å². The summed E-state index contributed by atoms with van der Waals surface area (Å²) in [7, 11) is 0. The molecule has 0 unspecified atom stereocenters. The lowest BCUT2D eigenvalue weighted by Gasteiger charge is -2.09. The number of aromatic nitrogens is 2. The van der Waals surface area contributed by atoms with E-state index in [1.165, 1.54) is 0 Å². The molecule has 0 fully saturated rings. The fourth-order valence-corrected chi connectivity index (χ4v) is 2.28. The second-order valence-electron chi connectivity index (χ2n) is 4.40. The molecule has 100 valence electrons. The summed E-state index contributed by atoms with van der Waals surface area (Å²) in [5.74, 6) is -0.138. The van der Waals surface area contributed by atoms with Crippen LogP contribution in [0, 0.1) is 0 Å². The first kappa shape index (κ1) is 12.7. The highest BCUT2D eigenvalue weighted by atomic mass is 35.5. The predicted molar refractivity (Wildman–Crippen MR) is 79.8 cm³/mol. The number of hydrogen-bond donors (Lipinski definition) is 1. The van der Waals surface area contributed by atoms with Crippen LogP contribution in [-0.2, 0) is 11.3 Å². The molecule has 0 saturated carbocycles. The van der Waals surface area contributed by atoms with Gasteiger partial charge >= 0.3 is 0 Å². The molecule has 20 heavy (non-hydrogen) atoms. The Morgan fingerprint density at radius 3 is 2.80 bits per heavy atom. The van der Waals surface area contributed by atoms with Crippen molar-refractivity contribution in [1.29, 1.82) is 0 Å². The van der Waals surface area contributed by atoms with Gasteiger partial charge < -0.3 is 9.88 Å². The Kier molecular flexibility index (Phi) is 3.39. The molecule has 0 spiro atoms. The van der Waals surface area contributed by atoms with Gasteiger partial charge in [-0.25, -0.2) is 4.98 Å². The Morgan fingerprint density at radius 2 is 2.00 bits per heavy atom. The van der Waals surface area contributed by atoms with Crippen LogP contribution >= 0.6 is 11.6 Å². The monoisotopic (exact) mass is 285 g/mol. The smallest absolute Gasteiger partial charge is 0.244 e. The molecule has 0 bridgehead atoms. The summed E-state index contributed by atoms with van der Waals surface area (Å²) in [4.78, 5) is 15.9. The van der Waals surface area contributed by atoms with E-state index >= 15 is 0 Å². The third kappa shape index (κ3) is 2.51. The van der Waals surface area contributed by atoms with Crippen molar-refractivity contribution < 1.29 is 4.79 Å². The van der Waals surface area contributed by atoms with E-state index in [4.69, 9.17) is 11.6 Å². The maximum Gasteiger partial charge on any atom is 0.244 e. The summed E-state index contributed by atoms with van der Waals surface area (Å²) in [6, 6.07) is 13.7. The van der Waals surface area contributed by atoms with Crippen molar-refractivity contribution in [2.24, 2.45) is 0 Å². The molecule has 1 aromatic heterocycles. The van der Waals surface area contributed by atoms with Gasteiger partial charge in [0.25, 0.3) is 0 Å². The van der Waals surface area contributed by atoms with Crippen molar-refractivity contribution in [2.45, 2.75) is 6.54 Å². The Balaban J connectivity index is 1.83. The van der Waals surface area contributed by atoms with Crippen LogP contribution in [0.4, 0.5) is 5.69 Å². The van der Waals surface area contributed by atoms with Gasteiger partial charge in [-0.05, 0) is 23.1 Å². The molecule has 2 aromatic carbocycles. The van der Waals surface area contributed by atoms with E-state index in [9.17, 15) is 4.79 Å². The largest absolute Gasteiger partial charge is 0.324 e. The van der Waals surface area contributed by atoms with E-state index in [1.54, 1.807) is 17.0 Å². The minimum Gasteiger partial charge on any atom is -0.324 e. The van der Waals surface area contributed by atoms with E-state index in [0.29, 0.717) is 5.28 Å². The molecular formula is C15H12ClN3O. The molecule has 4 nitrogen and oxygen atoms in total. The van der Waals surface area contributed by atoms with Crippen LogP contribution in [0.1, 0.15) is 0 Å². The molecule has 0 aliphatic carbocycles. The van der Waals surface area contributed by atoms with Crippen molar-refractivity contribution in [1.82, 2.24) is 9.55 Å². The molecule has 0 aliphatic rings. The third-order valence-electron chi connectivity index (χ3n) is 3.04. The fraction of sp³-hybridized carbons (Fsp3) is 0.0667. The van der Waals surface area contributed by atoms with Gasteiger partial charge in [0.1, 0.15) is 6.54 Å². The van der Waals surface area contributed by atoms with Crippen LogP contribution < -0.4 is 5.32 Å². The second kappa shape index (κ2) is 5.35. The highest BCUT2D eigenvalue weighted by Gasteiger charge is 2.08. The number of nitrogens with one attached hydrogen (secondary N) is 1. The number of nitrogens with zero attached hydrogens (tertiary/aromatic N) is 2. The number of rotatable bonds is 3. The fourth-order valence-electron chi connectivity index (χ4n) is 2.11. The number of hydrogen-bond acceptors (Lipinski definition) is 2. The molecule has 1 heterocycles. The Labute approximate surface area is 121 Å². The van der Waals surface area contributed by atoms with Crippen LogP contribution in [-0.4, -0.2) is 15.5 Å². The Hall–Kier alpha value is -2.33. The van der Waals surface area contributed by atoms with Crippen molar-refractivity contribution in [3.63, 3.8) is 0 Å². The number of benzene rings is 2. The number of halogens is 1. The van der Waals surface area contributed by atoms with Gasteiger partial charge in [-0.15, -0.1) is 0 Å². The average Bonchev–Trinajstić information content (AvgIpc) is 2.85. The van der Waals surface area contributed by atoms with E-state index in [0.717, 1.165) is 16.5 Å². The van der Waals surface area contributed by atoms with Crippen molar-refractivity contribution in [3.05, 3.63) is 60.1 Å². The zero-order chi connectivity index (χ0) is 13.9. The first-order valence-corrected chi connectivity index (χ1v) is 6.56. The second-order valence-corrected chi connectivity index (χ2v) is 4.74. The summed E-state index contributed by atoms with van der Waals surface area (Å²) in [6.45, 7) is 0.141. The van der Waals surface area contributed by atoms with Gasteiger partial charge in [0.2, 0.25) is 11.2 Å². The molecule has 0 aliphatic heterocycles. The van der Waals surface area contributed by atoms with E-state index in [2.05, 4.69) is 10.3 Å². The number of carbonyl (C=O) groups excluding carboxylic acids is 1. The minimum atomic E-state index is -0.138. The SMILES string of the molecule is O=C(Cn1ccnc1Cl)Nc1cccc2ccccc12. The van der Waals surface area contributed by atoms with Crippen LogP contribution in [0.2, 0.25) is 5.28 Å². The van der Waals surface area contributed by atoms with E-state index in [-0.39, 0.29) is 12.5 Å². The highest BCUT2D eigenvalue weighted by molar-refractivity contribution is 6.28. The van der Waals surface area contributed by atoms with Crippen molar-refractivity contribution in [2.75, 3.05) is 5.32 Å². The average molecular weight is 286 g/mol. The van der Waals surface area contributed by atoms with Gasteiger partial charge in [-0.3, -0.25) is 4.79 Å². The first-order valence-electron chi connectivity index (χ1n) is 6.18. The van der Waals surface area contributed by atoms with Gasteiger partial charge in [0, 0.05) is 23.5 Å². The molecule has 3 aromatic rings. The lowest BCUT2D eigenvalue weighted by molar-refractivity contribution is -0.116. The number of imidazole rings is 1. The molecule has 3 rings (SSSR count). The molecule has 0 atom stereocenters. The Bertz CT molecular complexity index is 761. The maximum absolute atomic E-state index is 12.1. The van der Waals surface area contributed by atoms with Crippen LogP contribution in [0.25, 0.3) is 10.8 Å². The molecule has 1 N–H and O–H groups in total. The number of carbonyl (C=O) groups is 1. The van der Waals surface area contributed by atoms with E-state index < -0.39 is 0 Å². The van der Waals surface area contributed by atoms with Crippen LogP contribution in [0.5, 0.6) is 0 Å². The molecule has 5 heteroatoms. The predicted octanol–water partition coefficient (Wildman–Crippen LogP) is 3.33. The first-order chi connectivity index (χ1) is 9.74. The Morgan fingerprint density at radius 1 is 1.20 bits per heavy atom. The van der Waals surface area contributed by atoms with Gasteiger partial charge in [-0.1, -0.05) is 36.4 Å². The summed E-state index contributed by atoms with van der Waals surface area (Å²) < 4.78 is 1.59.